The van der Waals surface area contributed by atoms with Crippen molar-refractivity contribution in [2.24, 2.45) is 0 Å². The van der Waals surface area contributed by atoms with Crippen LogP contribution in [0.2, 0.25) is 0 Å². The minimum Gasteiger partial charge on any atom is -0.526 e. The van der Waals surface area contributed by atoms with Gasteiger partial charge in [0.05, 0.1) is 11.1 Å². The second-order valence-electron chi connectivity index (χ2n) is 9.22. The van der Waals surface area contributed by atoms with Gasteiger partial charge in [0.25, 0.3) is 0 Å². The lowest BCUT2D eigenvalue weighted by molar-refractivity contribution is 0.0462. The van der Waals surface area contributed by atoms with Crippen molar-refractivity contribution in [3.05, 3.63) is 129 Å². The van der Waals surface area contributed by atoms with Crippen LogP contribution in [0, 0.1) is 27.7 Å². The molecule has 0 saturated heterocycles. The van der Waals surface area contributed by atoms with Crippen molar-refractivity contribution in [2.45, 2.75) is 40.9 Å². The normalized spacial score (nSPS) is 10.5. The highest BCUT2D eigenvalue weighted by Crippen LogP contribution is 2.28. The first-order valence-corrected chi connectivity index (χ1v) is 12.6. The first kappa shape index (κ1) is 27.5. The Balaban J connectivity index is 1.40. The van der Waals surface area contributed by atoms with Crippen molar-refractivity contribution < 1.29 is 28.4 Å². The molecule has 4 aromatic carbocycles. The monoisotopic (exact) mass is 521 g/mol. The maximum atomic E-state index is 12.9. The Kier molecular flexibility index (Phi) is 9.05. The van der Waals surface area contributed by atoms with Gasteiger partial charge in [-0.05, 0) is 62.1 Å². The SMILES string of the molecule is Cc1ccc(O[B]Oc2ccc(C)c(C(=O)OCc3ccccc3)c2C)c(C)c1C(=O)OCc1ccccc1. The van der Waals surface area contributed by atoms with Crippen molar-refractivity contribution in [3.63, 3.8) is 0 Å². The average molecular weight is 521 g/mol. The van der Waals surface area contributed by atoms with Gasteiger partial charge in [-0.2, -0.15) is 0 Å². The summed E-state index contributed by atoms with van der Waals surface area (Å²) in [5.41, 5.74) is 5.56. The molecule has 1 radical (unpaired) electrons. The van der Waals surface area contributed by atoms with E-state index in [0.717, 1.165) is 22.3 Å². The van der Waals surface area contributed by atoms with Crippen LogP contribution in [0.1, 0.15) is 54.1 Å². The lowest BCUT2D eigenvalue weighted by atomic mass is 10.0. The van der Waals surface area contributed by atoms with Crippen LogP contribution in [0.5, 0.6) is 11.5 Å². The van der Waals surface area contributed by atoms with E-state index in [9.17, 15) is 9.59 Å². The van der Waals surface area contributed by atoms with E-state index >= 15 is 0 Å². The molecule has 0 spiro atoms. The van der Waals surface area contributed by atoms with E-state index in [0.29, 0.717) is 33.8 Å². The number of rotatable bonds is 10. The Labute approximate surface area is 229 Å². The molecule has 39 heavy (non-hydrogen) atoms. The molecule has 0 bridgehead atoms. The van der Waals surface area contributed by atoms with Gasteiger partial charge in [0.1, 0.15) is 24.7 Å². The summed E-state index contributed by atoms with van der Waals surface area (Å²) in [7, 11) is 1.19. The first-order chi connectivity index (χ1) is 18.8. The number of carbonyl (C=O) groups is 2. The third kappa shape index (κ3) is 6.88. The van der Waals surface area contributed by atoms with Gasteiger partial charge in [-0.3, -0.25) is 0 Å². The zero-order chi connectivity index (χ0) is 27.8. The number of carbonyl (C=O) groups excluding carboxylic acids is 2. The standard InChI is InChI=1S/C32H30BO6/c1-21-15-17-27(23(3)29(21)31(34)36-19-25-11-7-5-8-12-25)38-33-39-28-18-16-22(2)30(24(28)4)32(35)37-20-26-13-9-6-10-14-26/h5-18H,19-20H2,1-4H3. The maximum absolute atomic E-state index is 12.9. The minimum absolute atomic E-state index is 0.182. The number of hydrogen-bond donors (Lipinski definition) is 0. The second kappa shape index (κ2) is 12.8. The van der Waals surface area contributed by atoms with Crippen molar-refractivity contribution in [1.82, 2.24) is 0 Å². The first-order valence-electron chi connectivity index (χ1n) is 12.6. The topological polar surface area (TPSA) is 71.1 Å². The Morgan fingerprint density at radius 1 is 0.564 bits per heavy atom. The third-order valence-electron chi connectivity index (χ3n) is 6.43. The van der Waals surface area contributed by atoms with Crippen LogP contribution < -0.4 is 9.31 Å². The number of aryl methyl sites for hydroxylation is 2. The van der Waals surface area contributed by atoms with Gasteiger partial charge in [-0.25, -0.2) is 9.59 Å². The second-order valence-corrected chi connectivity index (χ2v) is 9.22. The number of hydrogen-bond acceptors (Lipinski definition) is 6. The van der Waals surface area contributed by atoms with Gasteiger partial charge >= 0.3 is 19.6 Å². The number of esters is 2. The Bertz CT molecular complexity index is 1340. The molecule has 0 aliphatic rings. The Morgan fingerprint density at radius 3 is 1.33 bits per heavy atom. The van der Waals surface area contributed by atoms with Gasteiger partial charge in [-0.15, -0.1) is 0 Å². The molecule has 6 nitrogen and oxygen atoms in total. The molecule has 0 aromatic heterocycles. The quantitative estimate of drug-likeness (QED) is 0.172. The number of ether oxygens (including phenoxy) is 2. The molecule has 0 N–H and O–H groups in total. The highest BCUT2D eigenvalue weighted by molar-refractivity contribution is 6.21. The molecule has 0 amide bonds. The molecular formula is C32H30BO6. The van der Waals surface area contributed by atoms with E-state index in [4.69, 9.17) is 18.8 Å². The van der Waals surface area contributed by atoms with E-state index in [1.54, 1.807) is 38.1 Å². The van der Waals surface area contributed by atoms with Crippen molar-refractivity contribution >= 4 is 19.6 Å². The van der Waals surface area contributed by atoms with Gasteiger partial charge in [-0.1, -0.05) is 72.8 Å². The summed E-state index contributed by atoms with van der Waals surface area (Å²) in [6.45, 7) is 7.66. The lowest BCUT2D eigenvalue weighted by Gasteiger charge is -2.16. The molecule has 197 valence electrons. The summed E-state index contributed by atoms with van der Waals surface area (Å²) in [5.74, 6) is 0.0700. The summed E-state index contributed by atoms with van der Waals surface area (Å²) in [5, 5.41) is 0. The molecule has 0 heterocycles. The molecule has 0 fully saturated rings. The van der Waals surface area contributed by atoms with Crippen molar-refractivity contribution in [2.75, 3.05) is 0 Å². The summed E-state index contributed by atoms with van der Waals surface area (Å²) >= 11 is 0. The predicted molar refractivity (Wildman–Crippen MR) is 150 cm³/mol. The van der Waals surface area contributed by atoms with E-state index in [1.165, 1.54) is 7.69 Å². The largest absolute Gasteiger partial charge is 0.658 e. The summed E-state index contributed by atoms with van der Waals surface area (Å²) < 4.78 is 22.6. The zero-order valence-electron chi connectivity index (χ0n) is 22.5. The van der Waals surface area contributed by atoms with E-state index < -0.39 is 11.9 Å². The smallest absolute Gasteiger partial charge is 0.526 e. The summed E-state index contributed by atoms with van der Waals surface area (Å²) in [6, 6.07) is 26.2. The molecule has 4 rings (SSSR count). The molecule has 0 atom stereocenters. The molecular weight excluding hydrogens is 491 g/mol. The summed E-state index contributed by atoms with van der Waals surface area (Å²) in [6.07, 6.45) is 0. The Morgan fingerprint density at radius 2 is 0.949 bits per heavy atom. The lowest BCUT2D eigenvalue weighted by Crippen LogP contribution is -2.16. The fourth-order valence-corrected chi connectivity index (χ4v) is 4.26. The van der Waals surface area contributed by atoms with Crippen molar-refractivity contribution in [3.8, 4) is 11.5 Å². The Hall–Kier alpha value is -4.52. The van der Waals surface area contributed by atoms with Crippen LogP contribution in [-0.4, -0.2) is 19.6 Å². The van der Waals surface area contributed by atoms with Gasteiger partial charge in [0.15, 0.2) is 0 Å². The van der Waals surface area contributed by atoms with Crippen LogP contribution in [-0.2, 0) is 22.7 Å². The highest BCUT2D eigenvalue weighted by atomic mass is 16.6. The fourth-order valence-electron chi connectivity index (χ4n) is 4.26. The maximum Gasteiger partial charge on any atom is 0.658 e. The van der Waals surface area contributed by atoms with Gasteiger partial charge < -0.3 is 18.8 Å². The summed E-state index contributed by atoms with van der Waals surface area (Å²) in [4.78, 5) is 25.7. The van der Waals surface area contributed by atoms with E-state index in [-0.39, 0.29) is 13.2 Å². The molecule has 0 saturated carbocycles. The zero-order valence-corrected chi connectivity index (χ0v) is 22.5. The molecule has 0 aliphatic carbocycles. The minimum atomic E-state index is -0.423. The molecule has 0 unspecified atom stereocenters. The fraction of sp³-hybridized carbons (Fsp3) is 0.188. The van der Waals surface area contributed by atoms with Crippen LogP contribution in [0.25, 0.3) is 0 Å². The molecule has 0 aliphatic heterocycles. The van der Waals surface area contributed by atoms with E-state index in [2.05, 4.69) is 0 Å². The van der Waals surface area contributed by atoms with Crippen molar-refractivity contribution in [1.29, 1.82) is 0 Å². The third-order valence-corrected chi connectivity index (χ3v) is 6.43. The predicted octanol–water partition coefficient (Wildman–Crippen LogP) is 6.63. The van der Waals surface area contributed by atoms with Crippen LogP contribution in [0.3, 0.4) is 0 Å². The van der Waals surface area contributed by atoms with Crippen LogP contribution in [0.15, 0.2) is 84.9 Å². The van der Waals surface area contributed by atoms with E-state index in [1.807, 2.05) is 74.5 Å². The molecule has 7 heteroatoms. The van der Waals surface area contributed by atoms with Gasteiger partial charge in [0, 0.05) is 11.1 Å². The highest BCUT2D eigenvalue weighted by Gasteiger charge is 2.20. The van der Waals surface area contributed by atoms with Crippen LogP contribution in [0.4, 0.5) is 0 Å². The van der Waals surface area contributed by atoms with Crippen LogP contribution >= 0.6 is 0 Å². The average Bonchev–Trinajstić information content (AvgIpc) is 2.94. The molecule has 4 aromatic rings. The van der Waals surface area contributed by atoms with Gasteiger partial charge in [0.2, 0.25) is 0 Å². The number of benzene rings is 4.